The van der Waals surface area contributed by atoms with Gasteiger partial charge in [0.2, 0.25) is 0 Å². The predicted molar refractivity (Wildman–Crippen MR) is 62.2 cm³/mol. The van der Waals surface area contributed by atoms with Gasteiger partial charge in [-0.15, -0.1) is 0 Å². The molecule has 18 heavy (non-hydrogen) atoms. The maximum atomic E-state index is 13.1. The molecule has 1 aromatic heterocycles. The highest BCUT2D eigenvalue weighted by molar-refractivity contribution is 5.90. The van der Waals surface area contributed by atoms with Gasteiger partial charge in [0, 0.05) is 30.4 Å². The lowest BCUT2D eigenvalue weighted by Crippen LogP contribution is -2.00. The van der Waals surface area contributed by atoms with Crippen molar-refractivity contribution in [2.75, 3.05) is 0 Å². The zero-order valence-electron chi connectivity index (χ0n) is 9.65. The van der Waals surface area contributed by atoms with Crippen molar-refractivity contribution in [2.24, 2.45) is 0 Å². The molecular weight excluding hydrogens is 238 g/mol. The van der Waals surface area contributed by atoms with Crippen LogP contribution in [0.4, 0.5) is 8.78 Å². The largest absolute Gasteiger partial charge is 0.291 e. The van der Waals surface area contributed by atoms with Gasteiger partial charge in [0.1, 0.15) is 12.5 Å². The third-order valence-corrected chi connectivity index (χ3v) is 2.49. The number of aromatic nitrogens is 2. The summed E-state index contributed by atoms with van der Waals surface area (Å²) in [5.41, 5.74) is 1.21. The molecule has 0 atom stereocenters. The second-order valence-corrected chi connectivity index (χ2v) is 3.79. The first kappa shape index (κ1) is 12.3. The van der Waals surface area contributed by atoms with Crippen molar-refractivity contribution in [3.05, 3.63) is 47.8 Å². The minimum absolute atomic E-state index is 0.0110. The Labute approximate surface area is 103 Å². The third-order valence-electron chi connectivity index (χ3n) is 2.49. The summed E-state index contributed by atoms with van der Waals surface area (Å²) < 4.78 is 25.7. The molecule has 2 aromatic rings. The topological polar surface area (TPSA) is 42.9 Å². The van der Waals surface area contributed by atoms with Crippen LogP contribution in [-0.2, 0) is 6.67 Å². The van der Waals surface area contributed by atoms with Gasteiger partial charge in [-0.3, -0.25) is 4.79 Å². The summed E-state index contributed by atoms with van der Waals surface area (Å²) >= 11 is 0. The second-order valence-electron chi connectivity index (χ2n) is 3.79. The molecule has 2 rings (SSSR count). The van der Waals surface area contributed by atoms with Gasteiger partial charge in [-0.05, 0) is 17.7 Å². The summed E-state index contributed by atoms with van der Waals surface area (Å²) in [5.74, 6) is -0.695. The Hall–Kier alpha value is -2.17. The van der Waals surface area contributed by atoms with Gasteiger partial charge in [-0.25, -0.2) is 18.7 Å². The van der Waals surface area contributed by atoms with Crippen molar-refractivity contribution < 1.29 is 13.6 Å². The lowest BCUT2D eigenvalue weighted by molar-refractivity contribution is 0.100. The fourth-order valence-electron chi connectivity index (χ4n) is 1.52. The first-order valence-corrected chi connectivity index (χ1v) is 5.29. The minimum Gasteiger partial charge on any atom is -0.291 e. The number of Topliss-reactive ketones (excluding diaryl/α,β-unsaturated/α-hetero) is 1. The monoisotopic (exact) mass is 248 g/mol. The predicted octanol–water partition coefficient (Wildman–Crippen LogP) is 2.95. The van der Waals surface area contributed by atoms with Crippen LogP contribution in [0.5, 0.6) is 0 Å². The van der Waals surface area contributed by atoms with Crippen molar-refractivity contribution in [1.29, 1.82) is 0 Å². The van der Waals surface area contributed by atoms with Crippen LogP contribution in [0.3, 0.4) is 0 Å². The normalized spacial score (nSPS) is 10.4. The lowest BCUT2D eigenvalue weighted by atomic mass is 10.1. The third kappa shape index (κ3) is 2.40. The van der Waals surface area contributed by atoms with Crippen molar-refractivity contribution in [3.63, 3.8) is 0 Å². The van der Waals surface area contributed by atoms with E-state index < -0.39 is 12.5 Å². The fraction of sp³-hybridized carbons (Fsp3) is 0.154. The summed E-state index contributed by atoms with van der Waals surface area (Å²) in [5, 5.41) is 0. The molecule has 0 aliphatic carbocycles. The van der Waals surface area contributed by atoms with Crippen LogP contribution in [-0.4, -0.2) is 15.8 Å². The molecule has 0 bridgehead atoms. The van der Waals surface area contributed by atoms with Gasteiger partial charge in [-0.2, -0.15) is 0 Å². The van der Waals surface area contributed by atoms with E-state index in [2.05, 4.69) is 9.97 Å². The summed E-state index contributed by atoms with van der Waals surface area (Å²) in [4.78, 5) is 18.8. The number of alkyl halides is 1. The van der Waals surface area contributed by atoms with Crippen LogP contribution < -0.4 is 0 Å². The highest BCUT2D eigenvalue weighted by atomic mass is 19.1. The maximum Gasteiger partial charge on any atom is 0.196 e. The number of nitrogens with zero attached hydrogens (tertiary/aromatic N) is 2. The number of halogens is 2. The zero-order valence-corrected chi connectivity index (χ0v) is 9.65. The van der Waals surface area contributed by atoms with E-state index in [0.717, 1.165) is 0 Å². The lowest BCUT2D eigenvalue weighted by Gasteiger charge is -2.04. The Morgan fingerprint density at radius 2 is 1.89 bits per heavy atom. The number of benzene rings is 1. The molecule has 0 radical (unpaired) electrons. The molecule has 0 aliphatic heterocycles. The number of ketones is 1. The van der Waals surface area contributed by atoms with E-state index in [1.54, 1.807) is 0 Å². The molecule has 0 unspecified atom stereocenters. The SMILES string of the molecule is CC(=O)c1ncc(-c2ccc(F)c(CF)c2)cn1. The van der Waals surface area contributed by atoms with Gasteiger partial charge in [0.15, 0.2) is 11.6 Å². The smallest absolute Gasteiger partial charge is 0.196 e. The highest BCUT2D eigenvalue weighted by Gasteiger charge is 2.07. The van der Waals surface area contributed by atoms with Crippen LogP contribution in [0.2, 0.25) is 0 Å². The molecule has 0 saturated heterocycles. The summed E-state index contributed by atoms with van der Waals surface area (Å²) in [6, 6.07) is 4.12. The minimum atomic E-state index is -0.869. The van der Waals surface area contributed by atoms with Crippen LogP contribution in [0.15, 0.2) is 30.6 Å². The summed E-state index contributed by atoms with van der Waals surface area (Å²) in [6.45, 7) is 0.500. The van der Waals surface area contributed by atoms with Crippen LogP contribution in [0, 0.1) is 5.82 Å². The fourth-order valence-corrected chi connectivity index (χ4v) is 1.52. The first-order chi connectivity index (χ1) is 8.61. The van der Waals surface area contributed by atoms with Gasteiger partial charge in [0.25, 0.3) is 0 Å². The van der Waals surface area contributed by atoms with Crippen LogP contribution in [0.25, 0.3) is 11.1 Å². The van der Waals surface area contributed by atoms with E-state index in [4.69, 9.17) is 0 Å². The van der Waals surface area contributed by atoms with E-state index in [1.807, 2.05) is 0 Å². The molecule has 0 saturated carbocycles. The van der Waals surface area contributed by atoms with Gasteiger partial charge < -0.3 is 0 Å². The average Bonchev–Trinajstić information content (AvgIpc) is 2.39. The van der Waals surface area contributed by atoms with Crippen molar-refractivity contribution in [3.8, 4) is 11.1 Å². The average molecular weight is 248 g/mol. The Kier molecular flexibility index (Phi) is 3.41. The van der Waals surface area contributed by atoms with E-state index in [0.29, 0.717) is 11.1 Å². The summed E-state index contributed by atoms with van der Waals surface area (Å²) in [7, 11) is 0. The molecule has 0 N–H and O–H groups in total. The van der Waals surface area contributed by atoms with Gasteiger partial charge in [0.05, 0.1) is 0 Å². The van der Waals surface area contributed by atoms with Crippen molar-refractivity contribution in [2.45, 2.75) is 13.6 Å². The molecule has 3 nitrogen and oxygen atoms in total. The van der Waals surface area contributed by atoms with Gasteiger partial charge >= 0.3 is 0 Å². The van der Waals surface area contributed by atoms with Crippen molar-refractivity contribution in [1.82, 2.24) is 9.97 Å². The summed E-state index contributed by atoms with van der Waals surface area (Å²) in [6.07, 6.45) is 2.91. The van der Waals surface area contributed by atoms with Crippen LogP contribution >= 0.6 is 0 Å². The first-order valence-electron chi connectivity index (χ1n) is 5.29. The van der Waals surface area contributed by atoms with E-state index in [1.165, 1.54) is 37.5 Å². The molecule has 0 amide bonds. The highest BCUT2D eigenvalue weighted by Crippen LogP contribution is 2.21. The number of hydrogen-bond acceptors (Lipinski definition) is 3. The molecule has 0 aliphatic rings. The quantitative estimate of drug-likeness (QED) is 0.784. The Bertz CT molecular complexity index is 582. The molecular formula is C13H10F2N2O. The van der Waals surface area contributed by atoms with Gasteiger partial charge in [-0.1, -0.05) is 6.07 Å². The molecule has 5 heteroatoms. The van der Waals surface area contributed by atoms with E-state index >= 15 is 0 Å². The van der Waals surface area contributed by atoms with Crippen LogP contribution in [0.1, 0.15) is 23.1 Å². The number of carbonyl (C=O) groups excluding carboxylic acids is 1. The molecule has 1 heterocycles. The Morgan fingerprint density at radius 1 is 1.22 bits per heavy atom. The molecule has 0 spiro atoms. The Morgan fingerprint density at radius 3 is 2.44 bits per heavy atom. The molecule has 0 fully saturated rings. The van der Waals surface area contributed by atoms with E-state index in [-0.39, 0.29) is 17.2 Å². The maximum absolute atomic E-state index is 13.1. The number of rotatable bonds is 3. The number of hydrogen-bond donors (Lipinski definition) is 0. The Balaban J connectivity index is 2.39. The second kappa shape index (κ2) is 5.00. The van der Waals surface area contributed by atoms with Crippen molar-refractivity contribution >= 4 is 5.78 Å². The molecule has 1 aromatic carbocycles. The van der Waals surface area contributed by atoms with E-state index in [9.17, 15) is 13.6 Å². The number of carbonyl (C=O) groups is 1. The molecule has 92 valence electrons. The zero-order chi connectivity index (χ0) is 13.1. The standard InChI is InChI=1S/C13H10F2N2O/c1-8(18)13-16-6-11(7-17-13)9-2-3-12(15)10(4-9)5-14/h2-4,6-7H,5H2,1H3.